The van der Waals surface area contributed by atoms with Crippen molar-refractivity contribution in [2.75, 3.05) is 33.3 Å². The predicted octanol–water partition coefficient (Wildman–Crippen LogP) is 0.516. The first-order valence-corrected chi connectivity index (χ1v) is 7.97. The van der Waals surface area contributed by atoms with Gasteiger partial charge in [-0.05, 0) is 24.3 Å². The number of hydrogen-bond acceptors (Lipinski definition) is 5. The minimum Gasteiger partial charge on any atom is -0.496 e. The number of piperazine rings is 1. The van der Waals surface area contributed by atoms with Crippen molar-refractivity contribution in [1.29, 1.82) is 0 Å². The Morgan fingerprint density at radius 3 is 2.31 bits per heavy atom. The number of aromatic nitrogens is 2. The number of benzene rings is 1. The minimum absolute atomic E-state index is 0.135. The molecule has 1 aromatic carbocycles. The molecule has 0 aliphatic carbocycles. The topological polar surface area (TPSA) is 95.6 Å². The van der Waals surface area contributed by atoms with E-state index in [1.165, 1.54) is 31.4 Å². The van der Waals surface area contributed by atoms with Gasteiger partial charge < -0.3 is 14.5 Å². The first kappa shape index (κ1) is 17.6. The number of aromatic amines is 1. The van der Waals surface area contributed by atoms with Gasteiger partial charge >= 0.3 is 0 Å². The summed E-state index contributed by atoms with van der Waals surface area (Å²) in [7, 11) is 1.41. The van der Waals surface area contributed by atoms with Gasteiger partial charge in [0.05, 0.1) is 12.7 Å². The van der Waals surface area contributed by atoms with E-state index in [1.54, 1.807) is 9.80 Å². The van der Waals surface area contributed by atoms with Crippen LogP contribution in [0.1, 0.15) is 20.8 Å². The van der Waals surface area contributed by atoms with Gasteiger partial charge in [-0.25, -0.2) is 9.49 Å². The number of carbonyl (C=O) groups is 2. The predicted molar refractivity (Wildman–Crippen MR) is 89.6 cm³/mol. The number of ether oxygens (including phenoxy) is 1. The van der Waals surface area contributed by atoms with Crippen LogP contribution in [-0.4, -0.2) is 65.1 Å². The van der Waals surface area contributed by atoms with Crippen molar-refractivity contribution in [3.05, 3.63) is 57.8 Å². The van der Waals surface area contributed by atoms with Crippen molar-refractivity contribution in [3.63, 3.8) is 0 Å². The van der Waals surface area contributed by atoms with Crippen molar-refractivity contribution in [2.45, 2.75) is 0 Å². The summed E-state index contributed by atoms with van der Waals surface area (Å²) in [6.07, 6.45) is 0. The highest BCUT2D eigenvalue weighted by atomic mass is 19.1. The molecule has 1 aliphatic heterocycles. The fourth-order valence-electron chi connectivity index (χ4n) is 2.76. The number of H-pyrrole nitrogens is 1. The average Bonchev–Trinajstić information content (AvgIpc) is 2.67. The van der Waals surface area contributed by atoms with Gasteiger partial charge in [-0.2, -0.15) is 5.10 Å². The highest BCUT2D eigenvalue weighted by molar-refractivity contribution is 5.97. The quantitative estimate of drug-likeness (QED) is 0.861. The van der Waals surface area contributed by atoms with Crippen LogP contribution in [-0.2, 0) is 0 Å². The molecule has 2 amide bonds. The second-order valence-electron chi connectivity index (χ2n) is 5.74. The second-order valence-corrected chi connectivity index (χ2v) is 5.74. The molecule has 2 aromatic rings. The SMILES string of the molecule is COc1ccc(F)cc1C(=O)N1CCN(C(=O)c2ccc(=O)[nH]n2)CC1. The third kappa shape index (κ3) is 3.56. The van der Waals surface area contributed by atoms with Crippen LogP contribution in [0.25, 0.3) is 0 Å². The van der Waals surface area contributed by atoms with Gasteiger partial charge in [0.25, 0.3) is 17.4 Å². The molecule has 0 radical (unpaired) electrons. The lowest BCUT2D eigenvalue weighted by molar-refractivity contribution is 0.0529. The molecule has 1 fully saturated rings. The molecule has 0 atom stereocenters. The lowest BCUT2D eigenvalue weighted by Gasteiger charge is -2.34. The molecule has 1 N–H and O–H groups in total. The molecular formula is C17H17FN4O4. The van der Waals surface area contributed by atoms with E-state index in [4.69, 9.17) is 4.74 Å². The van der Waals surface area contributed by atoms with Crippen LogP contribution in [0.15, 0.2) is 35.1 Å². The van der Waals surface area contributed by atoms with Crippen LogP contribution in [0, 0.1) is 5.82 Å². The van der Waals surface area contributed by atoms with E-state index >= 15 is 0 Å². The molecular weight excluding hydrogens is 343 g/mol. The molecule has 0 bridgehead atoms. The zero-order chi connectivity index (χ0) is 18.7. The molecule has 26 heavy (non-hydrogen) atoms. The number of carbonyl (C=O) groups excluding carboxylic acids is 2. The van der Waals surface area contributed by atoms with Crippen LogP contribution in [0.2, 0.25) is 0 Å². The Bertz CT molecular complexity index is 870. The molecule has 1 saturated heterocycles. The zero-order valence-corrected chi connectivity index (χ0v) is 14.1. The molecule has 3 rings (SSSR count). The maximum atomic E-state index is 13.5. The standard InChI is InChI=1S/C17H17FN4O4/c1-26-14-4-2-11(18)10-12(14)16(24)21-6-8-22(9-7-21)17(25)13-3-5-15(23)20-19-13/h2-5,10H,6-9H2,1H3,(H,20,23). The van der Waals surface area contributed by atoms with E-state index in [-0.39, 0.29) is 28.6 Å². The van der Waals surface area contributed by atoms with Crippen LogP contribution in [0.3, 0.4) is 0 Å². The first-order valence-electron chi connectivity index (χ1n) is 7.97. The van der Waals surface area contributed by atoms with E-state index in [2.05, 4.69) is 10.2 Å². The summed E-state index contributed by atoms with van der Waals surface area (Å²) in [5.74, 6) is -0.897. The Kier molecular flexibility index (Phi) is 4.97. The maximum Gasteiger partial charge on any atom is 0.274 e. The highest BCUT2D eigenvalue weighted by Crippen LogP contribution is 2.22. The summed E-state index contributed by atoms with van der Waals surface area (Å²) >= 11 is 0. The number of nitrogens with one attached hydrogen (secondary N) is 1. The molecule has 136 valence electrons. The number of rotatable bonds is 3. The van der Waals surface area contributed by atoms with Crippen molar-refractivity contribution in [2.24, 2.45) is 0 Å². The van der Waals surface area contributed by atoms with E-state index < -0.39 is 5.82 Å². The Hall–Kier alpha value is -3.23. The van der Waals surface area contributed by atoms with E-state index in [9.17, 15) is 18.8 Å². The Morgan fingerprint density at radius 1 is 1.08 bits per heavy atom. The number of methoxy groups -OCH3 is 1. The van der Waals surface area contributed by atoms with E-state index in [0.717, 1.165) is 6.07 Å². The second kappa shape index (κ2) is 7.34. The smallest absolute Gasteiger partial charge is 0.274 e. The van der Waals surface area contributed by atoms with Crippen molar-refractivity contribution in [3.8, 4) is 5.75 Å². The molecule has 2 heterocycles. The fourth-order valence-corrected chi connectivity index (χ4v) is 2.76. The fraction of sp³-hybridized carbons (Fsp3) is 0.294. The number of halogens is 1. The summed E-state index contributed by atoms with van der Waals surface area (Å²) in [6.45, 7) is 1.22. The van der Waals surface area contributed by atoms with Crippen LogP contribution in [0.5, 0.6) is 5.75 Å². The zero-order valence-electron chi connectivity index (χ0n) is 14.1. The number of nitrogens with zero attached hydrogens (tertiary/aromatic N) is 3. The third-order valence-electron chi connectivity index (χ3n) is 4.14. The summed E-state index contributed by atoms with van der Waals surface area (Å²) in [5, 5.41) is 5.94. The Labute approximate surface area is 148 Å². The molecule has 9 heteroatoms. The minimum atomic E-state index is -0.521. The average molecular weight is 360 g/mol. The summed E-state index contributed by atoms with van der Waals surface area (Å²) < 4.78 is 18.6. The summed E-state index contributed by atoms with van der Waals surface area (Å²) in [4.78, 5) is 39.1. The number of amides is 2. The lowest BCUT2D eigenvalue weighted by Crippen LogP contribution is -2.50. The third-order valence-corrected chi connectivity index (χ3v) is 4.14. The molecule has 0 spiro atoms. The van der Waals surface area contributed by atoms with Gasteiger partial charge in [-0.3, -0.25) is 14.4 Å². The molecule has 8 nitrogen and oxygen atoms in total. The summed E-state index contributed by atoms with van der Waals surface area (Å²) in [5.41, 5.74) is -0.105. The molecule has 1 aromatic heterocycles. The molecule has 1 aliphatic rings. The van der Waals surface area contributed by atoms with Crippen molar-refractivity contribution in [1.82, 2.24) is 20.0 Å². The van der Waals surface area contributed by atoms with Gasteiger partial charge in [0.15, 0.2) is 0 Å². The molecule has 0 unspecified atom stereocenters. The largest absolute Gasteiger partial charge is 0.496 e. The first-order chi connectivity index (χ1) is 12.5. The van der Waals surface area contributed by atoms with Crippen molar-refractivity contribution >= 4 is 11.8 Å². The van der Waals surface area contributed by atoms with Gasteiger partial charge in [-0.15, -0.1) is 0 Å². The normalized spacial score (nSPS) is 14.2. The van der Waals surface area contributed by atoms with Gasteiger partial charge in [0.2, 0.25) is 0 Å². The van der Waals surface area contributed by atoms with Crippen molar-refractivity contribution < 1.29 is 18.7 Å². The van der Waals surface area contributed by atoms with Gasteiger partial charge in [-0.1, -0.05) is 0 Å². The highest BCUT2D eigenvalue weighted by Gasteiger charge is 2.27. The van der Waals surface area contributed by atoms with Gasteiger partial charge in [0, 0.05) is 32.2 Å². The van der Waals surface area contributed by atoms with Crippen LogP contribution < -0.4 is 10.3 Å². The molecule has 0 saturated carbocycles. The van der Waals surface area contributed by atoms with E-state index in [1.807, 2.05) is 0 Å². The van der Waals surface area contributed by atoms with Gasteiger partial charge in [0.1, 0.15) is 17.3 Å². The lowest BCUT2D eigenvalue weighted by atomic mass is 10.1. The Balaban J connectivity index is 1.67. The summed E-state index contributed by atoms with van der Waals surface area (Å²) in [6, 6.07) is 6.36. The van der Waals surface area contributed by atoms with Crippen LogP contribution in [0.4, 0.5) is 4.39 Å². The number of hydrogen-bond donors (Lipinski definition) is 1. The van der Waals surface area contributed by atoms with E-state index in [0.29, 0.717) is 31.9 Å². The van der Waals surface area contributed by atoms with Crippen LogP contribution >= 0.6 is 0 Å². The monoisotopic (exact) mass is 360 g/mol. The Morgan fingerprint density at radius 2 is 1.73 bits per heavy atom. The maximum absolute atomic E-state index is 13.5.